The van der Waals surface area contributed by atoms with Gasteiger partial charge in [0.2, 0.25) is 0 Å². The van der Waals surface area contributed by atoms with Crippen LogP contribution in [0.25, 0.3) is 10.1 Å². The van der Waals surface area contributed by atoms with Crippen LogP contribution >= 0.6 is 23.1 Å². The predicted molar refractivity (Wildman–Crippen MR) is 68.1 cm³/mol. The molecule has 0 amide bonds. The van der Waals surface area contributed by atoms with E-state index in [0.29, 0.717) is 0 Å². The average Bonchev–Trinajstić information content (AvgIpc) is 2.56. The summed E-state index contributed by atoms with van der Waals surface area (Å²) < 4.78 is 1.30. The third-order valence-corrected chi connectivity index (χ3v) is 4.25. The first-order valence-electron chi connectivity index (χ1n) is 4.65. The van der Waals surface area contributed by atoms with Crippen LogP contribution in [0.1, 0.15) is 11.8 Å². The maximum absolute atomic E-state index is 5.73. The van der Waals surface area contributed by atoms with Gasteiger partial charge in [-0.3, -0.25) is 0 Å². The number of thioether (sulfide) groups is 1. The van der Waals surface area contributed by atoms with Crippen molar-refractivity contribution in [1.29, 1.82) is 0 Å². The quantitative estimate of drug-likeness (QED) is 0.802. The highest BCUT2D eigenvalue weighted by molar-refractivity contribution is 7.98. The van der Waals surface area contributed by atoms with Crippen molar-refractivity contribution in [3.05, 3.63) is 29.1 Å². The molecule has 3 heteroatoms. The van der Waals surface area contributed by atoms with E-state index in [1.165, 1.54) is 20.7 Å². The van der Waals surface area contributed by atoms with E-state index < -0.39 is 0 Å². The molecule has 14 heavy (non-hydrogen) atoms. The Bertz CT molecular complexity index is 434. The van der Waals surface area contributed by atoms with Crippen LogP contribution in [-0.2, 0) is 5.75 Å². The molecule has 0 fully saturated rings. The van der Waals surface area contributed by atoms with E-state index in [4.69, 9.17) is 5.73 Å². The van der Waals surface area contributed by atoms with Gasteiger partial charge in [-0.25, -0.2) is 0 Å². The molecular weight excluding hydrogens is 210 g/mol. The Kier molecular flexibility index (Phi) is 2.99. The van der Waals surface area contributed by atoms with Gasteiger partial charge < -0.3 is 5.73 Å². The zero-order valence-electron chi connectivity index (χ0n) is 8.12. The second-order valence-corrected chi connectivity index (χ2v) is 5.59. The van der Waals surface area contributed by atoms with Crippen LogP contribution in [0.15, 0.2) is 24.3 Å². The van der Waals surface area contributed by atoms with Crippen LogP contribution in [-0.4, -0.2) is 5.75 Å². The monoisotopic (exact) mass is 223 g/mol. The molecule has 0 spiro atoms. The Labute approximate surface area is 92.3 Å². The number of anilines is 1. The molecule has 1 aromatic carbocycles. The third-order valence-electron chi connectivity index (χ3n) is 2.04. The van der Waals surface area contributed by atoms with Gasteiger partial charge in [-0.05, 0) is 29.3 Å². The van der Waals surface area contributed by atoms with Crippen molar-refractivity contribution < 1.29 is 0 Å². The van der Waals surface area contributed by atoms with Crippen molar-refractivity contribution in [2.24, 2.45) is 0 Å². The first-order chi connectivity index (χ1) is 6.79. The minimum absolute atomic E-state index is 0.856. The molecule has 0 aliphatic rings. The van der Waals surface area contributed by atoms with Crippen LogP contribution < -0.4 is 5.73 Å². The first-order valence-corrected chi connectivity index (χ1v) is 6.62. The summed E-state index contributed by atoms with van der Waals surface area (Å²) >= 11 is 3.81. The highest BCUT2D eigenvalue weighted by atomic mass is 32.2. The number of nitrogens with two attached hydrogens (primary N) is 1. The normalized spacial score (nSPS) is 10.9. The van der Waals surface area contributed by atoms with Crippen molar-refractivity contribution in [3.8, 4) is 0 Å². The number of nitrogen functional groups attached to an aromatic ring is 1. The number of thiophene rings is 1. The standard InChI is InChI=1S/C11H13NS2/c1-2-13-7-10-5-8-3-4-9(12)6-11(8)14-10/h3-6H,2,7,12H2,1H3. The highest BCUT2D eigenvalue weighted by Gasteiger charge is 2.01. The van der Waals surface area contributed by atoms with Crippen LogP contribution in [0.5, 0.6) is 0 Å². The lowest BCUT2D eigenvalue weighted by Crippen LogP contribution is -1.80. The Morgan fingerprint density at radius 1 is 1.36 bits per heavy atom. The van der Waals surface area contributed by atoms with Gasteiger partial charge >= 0.3 is 0 Å². The summed E-state index contributed by atoms with van der Waals surface area (Å²) in [5.74, 6) is 2.30. The second-order valence-electron chi connectivity index (χ2n) is 3.15. The number of fused-ring (bicyclic) bond motifs is 1. The Balaban J connectivity index is 2.32. The Hall–Kier alpha value is -0.670. The van der Waals surface area contributed by atoms with Gasteiger partial charge in [0.25, 0.3) is 0 Å². The Morgan fingerprint density at radius 2 is 2.21 bits per heavy atom. The van der Waals surface area contributed by atoms with Crippen LogP contribution in [0.3, 0.4) is 0 Å². The molecule has 1 nitrogen and oxygen atoms in total. The Morgan fingerprint density at radius 3 is 3.00 bits per heavy atom. The van der Waals surface area contributed by atoms with E-state index in [1.807, 2.05) is 29.2 Å². The van der Waals surface area contributed by atoms with Gasteiger partial charge in [0.1, 0.15) is 0 Å². The highest BCUT2D eigenvalue weighted by Crippen LogP contribution is 2.29. The van der Waals surface area contributed by atoms with Crippen molar-refractivity contribution >= 4 is 38.9 Å². The second kappa shape index (κ2) is 4.24. The lowest BCUT2D eigenvalue weighted by atomic mass is 10.2. The summed E-state index contributed by atoms with van der Waals surface area (Å²) in [6.07, 6.45) is 0. The first kappa shape index (κ1) is 9.87. The van der Waals surface area contributed by atoms with E-state index in [-0.39, 0.29) is 0 Å². The zero-order chi connectivity index (χ0) is 9.97. The van der Waals surface area contributed by atoms with E-state index >= 15 is 0 Å². The molecule has 1 aromatic heterocycles. The lowest BCUT2D eigenvalue weighted by Gasteiger charge is -1.91. The predicted octanol–water partition coefficient (Wildman–Crippen LogP) is 3.74. The third kappa shape index (κ3) is 2.04. The minimum atomic E-state index is 0.856. The molecule has 0 saturated heterocycles. The van der Waals surface area contributed by atoms with Gasteiger partial charge in [0.05, 0.1) is 0 Å². The van der Waals surface area contributed by atoms with Gasteiger partial charge in [-0.2, -0.15) is 11.8 Å². The molecule has 0 unspecified atom stereocenters. The molecule has 0 aliphatic carbocycles. The maximum Gasteiger partial charge on any atom is 0.0366 e. The van der Waals surface area contributed by atoms with E-state index in [1.54, 1.807) is 0 Å². The minimum Gasteiger partial charge on any atom is -0.399 e. The molecule has 2 N–H and O–H groups in total. The maximum atomic E-state index is 5.73. The smallest absolute Gasteiger partial charge is 0.0366 e. The van der Waals surface area contributed by atoms with Gasteiger partial charge in [0, 0.05) is 21.0 Å². The summed E-state index contributed by atoms with van der Waals surface area (Å²) in [6, 6.07) is 8.38. The summed E-state index contributed by atoms with van der Waals surface area (Å²) in [7, 11) is 0. The van der Waals surface area contributed by atoms with Crippen molar-refractivity contribution in [1.82, 2.24) is 0 Å². The molecule has 0 atom stereocenters. The van der Waals surface area contributed by atoms with Crippen LogP contribution in [0.2, 0.25) is 0 Å². The fourth-order valence-corrected chi connectivity index (χ4v) is 3.26. The van der Waals surface area contributed by atoms with Crippen LogP contribution in [0, 0.1) is 0 Å². The molecule has 0 saturated carbocycles. The molecule has 0 bridgehead atoms. The number of benzene rings is 1. The summed E-state index contributed by atoms with van der Waals surface area (Å²) in [5.41, 5.74) is 6.59. The van der Waals surface area contributed by atoms with Gasteiger partial charge in [0.15, 0.2) is 0 Å². The number of hydrogen-bond acceptors (Lipinski definition) is 3. The molecule has 0 aliphatic heterocycles. The van der Waals surface area contributed by atoms with Crippen molar-refractivity contribution in [2.75, 3.05) is 11.5 Å². The van der Waals surface area contributed by atoms with Crippen molar-refractivity contribution in [3.63, 3.8) is 0 Å². The zero-order valence-corrected chi connectivity index (χ0v) is 9.75. The summed E-state index contributed by atoms with van der Waals surface area (Å²) in [4.78, 5) is 1.44. The SMILES string of the molecule is CCSCc1cc2ccc(N)cc2s1. The average molecular weight is 223 g/mol. The molecule has 74 valence electrons. The topological polar surface area (TPSA) is 26.0 Å². The van der Waals surface area contributed by atoms with Crippen LogP contribution in [0.4, 0.5) is 5.69 Å². The lowest BCUT2D eigenvalue weighted by molar-refractivity contribution is 1.47. The van der Waals surface area contributed by atoms with Crippen molar-refractivity contribution in [2.45, 2.75) is 12.7 Å². The fourth-order valence-electron chi connectivity index (χ4n) is 1.38. The molecule has 2 aromatic rings. The molecule has 0 radical (unpaired) electrons. The van der Waals surface area contributed by atoms with E-state index in [0.717, 1.165) is 11.4 Å². The summed E-state index contributed by atoms with van der Waals surface area (Å²) in [5, 5.41) is 1.32. The summed E-state index contributed by atoms with van der Waals surface area (Å²) in [6.45, 7) is 2.19. The molecular formula is C11H13NS2. The van der Waals surface area contributed by atoms with E-state index in [2.05, 4.69) is 25.1 Å². The van der Waals surface area contributed by atoms with Gasteiger partial charge in [-0.15, -0.1) is 11.3 Å². The number of hydrogen-bond donors (Lipinski definition) is 1. The number of rotatable bonds is 3. The molecule has 1 heterocycles. The fraction of sp³-hybridized carbons (Fsp3) is 0.273. The molecule has 2 rings (SSSR count). The van der Waals surface area contributed by atoms with Gasteiger partial charge in [-0.1, -0.05) is 13.0 Å². The largest absolute Gasteiger partial charge is 0.399 e. The van der Waals surface area contributed by atoms with E-state index in [9.17, 15) is 0 Å².